The van der Waals surface area contributed by atoms with Crippen molar-refractivity contribution in [2.24, 2.45) is 5.92 Å². The van der Waals surface area contributed by atoms with Gasteiger partial charge in [0.15, 0.2) is 0 Å². The lowest BCUT2D eigenvalue weighted by Gasteiger charge is -2.07. The van der Waals surface area contributed by atoms with Crippen molar-refractivity contribution in [1.29, 1.82) is 0 Å². The normalized spacial score (nSPS) is 10.6. The number of benzene rings is 1. The third kappa shape index (κ3) is 5.21. The van der Waals surface area contributed by atoms with Crippen molar-refractivity contribution < 1.29 is 9.53 Å². The van der Waals surface area contributed by atoms with E-state index in [1.165, 1.54) is 12.8 Å². The molecule has 0 fully saturated rings. The standard InChI is InChI=1S/C15H23NO2/c1-12(2)8-4-3-7-11-18-15(17)13-9-5-6-10-14(13)16/h5-6,9-10,12H,3-4,7-8,11,16H2,1-2H3. The second-order valence-electron chi connectivity index (χ2n) is 4.97. The van der Waals surface area contributed by atoms with Gasteiger partial charge in [-0.1, -0.05) is 45.2 Å². The monoisotopic (exact) mass is 249 g/mol. The van der Waals surface area contributed by atoms with E-state index in [9.17, 15) is 4.79 Å². The molecule has 0 saturated carbocycles. The Morgan fingerprint density at radius 3 is 2.61 bits per heavy atom. The first-order chi connectivity index (χ1) is 8.61. The van der Waals surface area contributed by atoms with Crippen molar-refractivity contribution in [3.63, 3.8) is 0 Å². The Kier molecular flexibility index (Phi) is 6.26. The van der Waals surface area contributed by atoms with Crippen molar-refractivity contribution in [3.8, 4) is 0 Å². The average Bonchev–Trinajstić information content (AvgIpc) is 2.33. The molecule has 0 aliphatic carbocycles. The summed E-state index contributed by atoms with van der Waals surface area (Å²) in [4.78, 5) is 11.7. The molecule has 1 rings (SSSR count). The van der Waals surface area contributed by atoms with Gasteiger partial charge >= 0.3 is 5.97 Å². The first-order valence-electron chi connectivity index (χ1n) is 6.63. The van der Waals surface area contributed by atoms with Crippen LogP contribution in [-0.2, 0) is 4.74 Å². The molecule has 0 bridgehead atoms. The number of nitrogen functional groups attached to an aromatic ring is 1. The SMILES string of the molecule is CC(C)CCCCCOC(=O)c1ccccc1N. The fourth-order valence-electron chi connectivity index (χ4n) is 1.76. The number of para-hydroxylation sites is 1. The maximum atomic E-state index is 11.7. The summed E-state index contributed by atoms with van der Waals surface area (Å²) in [5, 5.41) is 0. The van der Waals surface area contributed by atoms with E-state index in [1.807, 2.05) is 0 Å². The van der Waals surface area contributed by atoms with Gasteiger partial charge in [-0.2, -0.15) is 0 Å². The van der Waals surface area contributed by atoms with Gasteiger partial charge in [-0.3, -0.25) is 0 Å². The number of hydrogen-bond donors (Lipinski definition) is 1. The highest BCUT2D eigenvalue weighted by molar-refractivity contribution is 5.94. The number of carbonyl (C=O) groups excluding carboxylic acids is 1. The number of carbonyl (C=O) groups is 1. The molecule has 3 nitrogen and oxygen atoms in total. The van der Waals surface area contributed by atoms with E-state index in [0.29, 0.717) is 17.9 Å². The summed E-state index contributed by atoms with van der Waals surface area (Å²) in [6.45, 7) is 4.92. The minimum atomic E-state index is -0.322. The van der Waals surface area contributed by atoms with Gasteiger partial charge in [0, 0.05) is 5.69 Å². The first kappa shape index (κ1) is 14.6. The minimum absolute atomic E-state index is 0.322. The van der Waals surface area contributed by atoms with Gasteiger partial charge in [-0.15, -0.1) is 0 Å². The predicted octanol–water partition coefficient (Wildman–Crippen LogP) is 3.64. The van der Waals surface area contributed by atoms with Crippen LogP contribution in [0.4, 0.5) is 5.69 Å². The number of unbranched alkanes of at least 4 members (excludes halogenated alkanes) is 2. The van der Waals surface area contributed by atoms with E-state index in [1.54, 1.807) is 24.3 Å². The van der Waals surface area contributed by atoms with Crippen LogP contribution in [0.1, 0.15) is 49.9 Å². The van der Waals surface area contributed by atoms with Crippen LogP contribution in [0.5, 0.6) is 0 Å². The molecular formula is C15H23NO2. The second kappa shape index (κ2) is 7.75. The molecule has 18 heavy (non-hydrogen) atoms. The fraction of sp³-hybridized carbons (Fsp3) is 0.533. The number of esters is 1. The molecule has 1 aromatic rings. The number of hydrogen-bond acceptors (Lipinski definition) is 3. The zero-order chi connectivity index (χ0) is 13.4. The largest absolute Gasteiger partial charge is 0.462 e. The molecule has 0 unspecified atom stereocenters. The summed E-state index contributed by atoms with van der Waals surface area (Å²) in [6.07, 6.45) is 4.46. The number of nitrogens with two attached hydrogens (primary N) is 1. The Bertz CT molecular complexity index is 375. The van der Waals surface area contributed by atoms with Crippen LogP contribution >= 0.6 is 0 Å². The van der Waals surface area contributed by atoms with Crippen LogP contribution in [0.2, 0.25) is 0 Å². The van der Waals surface area contributed by atoms with E-state index in [4.69, 9.17) is 10.5 Å². The van der Waals surface area contributed by atoms with E-state index in [0.717, 1.165) is 18.8 Å². The molecule has 0 atom stereocenters. The summed E-state index contributed by atoms with van der Waals surface area (Å²) in [5.41, 5.74) is 6.64. The van der Waals surface area contributed by atoms with Gasteiger partial charge in [0.1, 0.15) is 0 Å². The summed E-state index contributed by atoms with van der Waals surface area (Å²) >= 11 is 0. The van der Waals surface area contributed by atoms with Crippen molar-refractivity contribution in [3.05, 3.63) is 29.8 Å². The molecule has 3 heteroatoms. The predicted molar refractivity (Wildman–Crippen MR) is 74.4 cm³/mol. The Hall–Kier alpha value is -1.51. The Morgan fingerprint density at radius 1 is 1.22 bits per heavy atom. The maximum absolute atomic E-state index is 11.7. The van der Waals surface area contributed by atoms with Crippen molar-refractivity contribution in [1.82, 2.24) is 0 Å². The van der Waals surface area contributed by atoms with Crippen molar-refractivity contribution in [2.75, 3.05) is 12.3 Å². The van der Waals surface area contributed by atoms with Crippen LogP contribution in [0.3, 0.4) is 0 Å². The van der Waals surface area contributed by atoms with Crippen LogP contribution in [0.15, 0.2) is 24.3 Å². The molecule has 0 heterocycles. The Morgan fingerprint density at radius 2 is 1.94 bits per heavy atom. The lowest BCUT2D eigenvalue weighted by Crippen LogP contribution is -2.09. The molecule has 0 aliphatic heterocycles. The van der Waals surface area contributed by atoms with Gasteiger partial charge in [-0.05, 0) is 24.5 Å². The highest BCUT2D eigenvalue weighted by Crippen LogP contribution is 2.12. The molecule has 0 spiro atoms. The molecule has 2 N–H and O–H groups in total. The Balaban J connectivity index is 2.20. The number of rotatable bonds is 7. The third-order valence-electron chi connectivity index (χ3n) is 2.84. The first-order valence-corrected chi connectivity index (χ1v) is 6.63. The highest BCUT2D eigenvalue weighted by atomic mass is 16.5. The zero-order valence-electron chi connectivity index (χ0n) is 11.3. The summed E-state index contributed by atoms with van der Waals surface area (Å²) in [7, 11) is 0. The molecule has 1 aromatic carbocycles. The van der Waals surface area contributed by atoms with Crippen LogP contribution in [0, 0.1) is 5.92 Å². The topological polar surface area (TPSA) is 52.3 Å². The molecule has 0 aliphatic rings. The Labute approximate surface area is 109 Å². The van der Waals surface area contributed by atoms with E-state index in [2.05, 4.69) is 13.8 Å². The van der Waals surface area contributed by atoms with Gasteiger partial charge in [-0.25, -0.2) is 4.79 Å². The summed E-state index contributed by atoms with van der Waals surface area (Å²) < 4.78 is 5.20. The van der Waals surface area contributed by atoms with Crippen LogP contribution < -0.4 is 5.73 Å². The zero-order valence-corrected chi connectivity index (χ0v) is 11.3. The average molecular weight is 249 g/mol. The van der Waals surface area contributed by atoms with E-state index < -0.39 is 0 Å². The second-order valence-corrected chi connectivity index (χ2v) is 4.97. The third-order valence-corrected chi connectivity index (χ3v) is 2.84. The lowest BCUT2D eigenvalue weighted by molar-refractivity contribution is 0.0498. The van der Waals surface area contributed by atoms with E-state index >= 15 is 0 Å². The molecule has 0 aromatic heterocycles. The quantitative estimate of drug-likeness (QED) is 0.456. The summed E-state index contributed by atoms with van der Waals surface area (Å²) in [6, 6.07) is 6.99. The highest BCUT2D eigenvalue weighted by Gasteiger charge is 2.09. The molecule has 100 valence electrons. The van der Waals surface area contributed by atoms with Gasteiger partial charge in [0.25, 0.3) is 0 Å². The van der Waals surface area contributed by atoms with Gasteiger partial charge in [0.05, 0.1) is 12.2 Å². The van der Waals surface area contributed by atoms with Gasteiger partial charge in [0.2, 0.25) is 0 Å². The number of anilines is 1. The van der Waals surface area contributed by atoms with Gasteiger partial charge < -0.3 is 10.5 Å². The van der Waals surface area contributed by atoms with Crippen molar-refractivity contribution >= 4 is 11.7 Å². The molecule has 0 radical (unpaired) electrons. The lowest BCUT2D eigenvalue weighted by atomic mass is 10.1. The summed E-state index contributed by atoms with van der Waals surface area (Å²) in [5.74, 6) is 0.425. The minimum Gasteiger partial charge on any atom is -0.462 e. The molecule has 0 amide bonds. The molecular weight excluding hydrogens is 226 g/mol. The number of ether oxygens (including phenoxy) is 1. The smallest absolute Gasteiger partial charge is 0.340 e. The van der Waals surface area contributed by atoms with Crippen LogP contribution in [0.25, 0.3) is 0 Å². The van der Waals surface area contributed by atoms with Crippen molar-refractivity contribution in [2.45, 2.75) is 39.5 Å². The fourth-order valence-corrected chi connectivity index (χ4v) is 1.76. The van der Waals surface area contributed by atoms with Crippen LogP contribution in [-0.4, -0.2) is 12.6 Å². The molecule has 0 saturated heterocycles. The van der Waals surface area contributed by atoms with E-state index in [-0.39, 0.29) is 5.97 Å². The maximum Gasteiger partial charge on any atom is 0.340 e.